The number of hydrogen-bond acceptors (Lipinski definition) is 5. The predicted octanol–water partition coefficient (Wildman–Crippen LogP) is 3.66. The van der Waals surface area contributed by atoms with Gasteiger partial charge in [0.2, 0.25) is 0 Å². The van der Waals surface area contributed by atoms with Crippen LogP contribution in [0.4, 0.5) is 21.9 Å². The van der Waals surface area contributed by atoms with Crippen molar-refractivity contribution in [2.75, 3.05) is 43.8 Å². The number of methoxy groups -OCH3 is 2. The second kappa shape index (κ2) is 8.77. The Morgan fingerprint density at radius 3 is 2.30 bits per heavy atom. The summed E-state index contributed by atoms with van der Waals surface area (Å²) in [6.07, 6.45) is 0.621. The number of allylic oxidation sites excluding steroid dienone is 1. The van der Waals surface area contributed by atoms with Crippen LogP contribution in [0.3, 0.4) is 0 Å². The third kappa shape index (κ3) is 3.89. The lowest BCUT2D eigenvalue weighted by molar-refractivity contribution is -0.110. The molecule has 3 rings (SSSR count). The van der Waals surface area contributed by atoms with Crippen LogP contribution in [-0.2, 0) is 4.79 Å². The molecule has 1 aliphatic rings. The molecule has 0 unspecified atom stereocenters. The molecule has 0 atom stereocenters. The molecule has 0 radical (unpaired) electrons. The van der Waals surface area contributed by atoms with E-state index in [1.165, 1.54) is 4.90 Å². The molecule has 158 valence electrons. The minimum absolute atomic E-state index is 0.180. The first kappa shape index (κ1) is 21.0. The molecule has 2 aromatic carbocycles. The number of rotatable bonds is 6. The normalized spacial score (nSPS) is 13.8. The van der Waals surface area contributed by atoms with Crippen LogP contribution < -0.4 is 30.3 Å². The number of carbonyl (C=O) groups is 2. The van der Waals surface area contributed by atoms with Crippen LogP contribution in [0, 0.1) is 0 Å². The number of ether oxygens (including phenoxy) is 2. The molecule has 8 heteroatoms. The van der Waals surface area contributed by atoms with Crippen molar-refractivity contribution in [3.63, 3.8) is 0 Å². The summed E-state index contributed by atoms with van der Waals surface area (Å²) in [6.45, 7) is 1.98. The molecule has 0 aromatic heterocycles. The van der Waals surface area contributed by atoms with Gasteiger partial charge >= 0.3 is 6.03 Å². The van der Waals surface area contributed by atoms with Crippen molar-refractivity contribution >= 4 is 34.6 Å². The minimum atomic E-state index is -0.198. The molecular formula is C22H26N4O4. The number of nitrogens with zero attached hydrogens (tertiary/aromatic N) is 1. The summed E-state index contributed by atoms with van der Waals surface area (Å²) in [7, 11) is 6.40. The molecule has 1 aliphatic heterocycles. The van der Waals surface area contributed by atoms with Crippen molar-refractivity contribution in [2.24, 2.45) is 0 Å². The Kier molecular flexibility index (Phi) is 6.15. The second-order valence-electron chi connectivity index (χ2n) is 6.70. The monoisotopic (exact) mass is 410 g/mol. The summed E-state index contributed by atoms with van der Waals surface area (Å²) in [6, 6.07) is 10.8. The maximum absolute atomic E-state index is 12.7. The van der Waals surface area contributed by atoms with Gasteiger partial charge in [-0.25, -0.2) is 4.79 Å². The standard InChI is InChI=1S/C22H26N4O4/c1-6-16(24-13-7-9-14(10-8-13)26(3)22(28)23-2)20-15-11-18(29-4)19(30-5)12-17(15)25-21(20)27/h7-12,24H,6H2,1-5H3,(H,23,28)(H,25,27)/b20-16-. The largest absolute Gasteiger partial charge is 0.493 e. The molecule has 2 aromatic rings. The van der Waals surface area contributed by atoms with Crippen LogP contribution in [0.2, 0.25) is 0 Å². The van der Waals surface area contributed by atoms with Crippen LogP contribution in [0.1, 0.15) is 18.9 Å². The van der Waals surface area contributed by atoms with Gasteiger partial charge in [-0.3, -0.25) is 9.69 Å². The van der Waals surface area contributed by atoms with Gasteiger partial charge in [-0.05, 0) is 36.8 Å². The highest BCUT2D eigenvalue weighted by Gasteiger charge is 2.29. The maximum Gasteiger partial charge on any atom is 0.321 e. The minimum Gasteiger partial charge on any atom is -0.493 e. The average Bonchev–Trinajstić information content (AvgIpc) is 3.10. The van der Waals surface area contributed by atoms with E-state index >= 15 is 0 Å². The van der Waals surface area contributed by atoms with Crippen molar-refractivity contribution in [1.82, 2.24) is 5.32 Å². The zero-order chi connectivity index (χ0) is 21.8. The van der Waals surface area contributed by atoms with Gasteiger partial charge in [-0.1, -0.05) is 6.92 Å². The third-order valence-electron chi connectivity index (χ3n) is 4.99. The van der Waals surface area contributed by atoms with E-state index in [2.05, 4.69) is 16.0 Å². The fraction of sp³-hybridized carbons (Fsp3) is 0.273. The smallest absolute Gasteiger partial charge is 0.321 e. The first-order valence-electron chi connectivity index (χ1n) is 9.56. The van der Waals surface area contributed by atoms with E-state index in [4.69, 9.17) is 9.47 Å². The van der Waals surface area contributed by atoms with Crippen molar-refractivity contribution < 1.29 is 19.1 Å². The predicted molar refractivity (Wildman–Crippen MR) is 118 cm³/mol. The molecule has 0 saturated heterocycles. The highest BCUT2D eigenvalue weighted by Crippen LogP contribution is 2.42. The average molecular weight is 410 g/mol. The summed E-state index contributed by atoms with van der Waals surface area (Å²) < 4.78 is 10.7. The van der Waals surface area contributed by atoms with Gasteiger partial charge in [0.15, 0.2) is 11.5 Å². The van der Waals surface area contributed by atoms with Crippen molar-refractivity contribution in [1.29, 1.82) is 0 Å². The molecule has 0 saturated carbocycles. The van der Waals surface area contributed by atoms with E-state index in [-0.39, 0.29) is 11.9 Å². The SMILES string of the molecule is CC/C(Nc1ccc(N(C)C(=O)NC)cc1)=C1/C(=O)Nc2cc(OC)c(OC)cc21. The lowest BCUT2D eigenvalue weighted by Crippen LogP contribution is -2.34. The van der Waals surface area contributed by atoms with E-state index in [0.29, 0.717) is 29.2 Å². The second-order valence-corrected chi connectivity index (χ2v) is 6.70. The molecule has 30 heavy (non-hydrogen) atoms. The summed E-state index contributed by atoms with van der Waals surface area (Å²) in [5, 5.41) is 8.83. The Labute approximate surface area is 175 Å². The highest BCUT2D eigenvalue weighted by molar-refractivity contribution is 6.32. The third-order valence-corrected chi connectivity index (χ3v) is 4.99. The van der Waals surface area contributed by atoms with E-state index in [9.17, 15) is 9.59 Å². The zero-order valence-electron chi connectivity index (χ0n) is 17.8. The van der Waals surface area contributed by atoms with Gasteiger partial charge in [-0.15, -0.1) is 0 Å². The molecule has 0 fully saturated rings. The van der Waals surface area contributed by atoms with Crippen LogP contribution in [-0.4, -0.2) is 40.3 Å². The first-order chi connectivity index (χ1) is 14.4. The van der Waals surface area contributed by atoms with E-state index < -0.39 is 0 Å². The molecule has 1 heterocycles. The molecule has 8 nitrogen and oxygen atoms in total. The number of anilines is 3. The van der Waals surface area contributed by atoms with Crippen LogP contribution in [0.5, 0.6) is 11.5 Å². The number of urea groups is 1. The lowest BCUT2D eigenvalue weighted by Gasteiger charge is -2.18. The molecule has 0 bridgehead atoms. The zero-order valence-corrected chi connectivity index (χ0v) is 17.8. The Morgan fingerprint density at radius 2 is 1.73 bits per heavy atom. The fourth-order valence-electron chi connectivity index (χ4n) is 3.35. The number of benzene rings is 2. The first-order valence-corrected chi connectivity index (χ1v) is 9.56. The number of carbonyl (C=O) groups excluding carboxylic acids is 2. The van der Waals surface area contributed by atoms with E-state index in [1.54, 1.807) is 40.4 Å². The van der Waals surface area contributed by atoms with Gasteiger partial charge in [0.25, 0.3) is 5.91 Å². The number of nitrogens with one attached hydrogen (secondary N) is 3. The molecule has 0 spiro atoms. The molecule has 3 amide bonds. The van der Waals surface area contributed by atoms with Crippen molar-refractivity contribution in [2.45, 2.75) is 13.3 Å². The van der Waals surface area contributed by atoms with Gasteiger partial charge < -0.3 is 25.4 Å². The Morgan fingerprint density at radius 1 is 1.10 bits per heavy atom. The Bertz CT molecular complexity index is 999. The molecule has 3 N–H and O–H groups in total. The maximum atomic E-state index is 12.7. The number of hydrogen-bond donors (Lipinski definition) is 3. The lowest BCUT2D eigenvalue weighted by atomic mass is 10.0. The van der Waals surface area contributed by atoms with Crippen LogP contribution >= 0.6 is 0 Å². The summed E-state index contributed by atoms with van der Waals surface area (Å²) in [5.41, 5.74) is 4.37. The number of amides is 3. The molecule has 0 aliphatic carbocycles. The topological polar surface area (TPSA) is 91.9 Å². The van der Waals surface area contributed by atoms with Crippen LogP contribution in [0.25, 0.3) is 5.57 Å². The van der Waals surface area contributed by atoms with E-state index in [1.807, 2.05) is 31.2 Å². The van der Waals surface area contributed by atoms with Gasteiger partial charge in [0, 0.05) is 42.8 Å². The summed E-state index contributed by atoms with van der Waals surface area (Å²) in [4.78, 5) is 26.0. The van der Waals surface area contributed by atoms with Gasteiger partial charge in [-0.2, -0.15) is 0 Å². The van der Waals surface area contributed by atoms with Crippen molar-refractivity contribution in [3.05, 3.63) is 47.7 Å². The molecular weight excluding hydrogens is 384 g/mol. The highest BCUT2D eigenvalue weighted by atomic mass is 16.5. The fourth-order valence-corrected chi connectivity index (χ4v) is 3.35. The quantitative estimate of drug-likeness (QED) is 0.632. The van der Waals surface area contributed by atoms with Gasteiger partial charge in [0.05, 0.1) is 25.5 Å². The van der Waals surface area contributed by atoms with Gasteiger partial charge in [0.1, 0.15) is 0 Å². The van der Waals surface area contributed by atoms with Crippen LogP contribution in [0.15, 0.2) is 42.1 Å². The summed E-state index contributed by atoms with van der Waals surface area (Å²) in [5.74, 6) is 0.933. The van der Waals surface area contributed by atoms with E-state index in [0.717, 1.165) is 22.6 Å². The van der Waals surface area contributed by atoms with Crippen molar-refractivity contribution in [3.8, 4) is 11.5 Å². The Hall–Kier alpha value is -3.68. The summed E-state index contributed by atoms with van der Waals surface area (Å²) >= 11 is 0. The Balaban J connectivity index is 1.94. The number of fused-ring (bicyclic) bond motifs is 1.